The van der Waals surface area contributed by atoms with Gasteiger partial charge < -0.3 is 15.5 Å². The number of halogens is 1. The van der Waals surface area contributed by atoms with Gasteiger partial charge in [-0.25, -0.2) is 4.39 Å². The average Bonchev–Trinajstić information content (AvgIpc) is 2.61. The van der Waals surface area contributed by atoms with Crippen molar-refractivity contribution in [3.63, 3.8) is 0 Å². The Bertz CT molecular complexity index is 844. The van der Waals surface area contributed by atoms with Gasteiger partial charge in [-0.15, -0.1) is 0 Å². The smallest absolute Gasteiger partial charge is 0.251 e. The molecule has 150 valence electrons. The molecule has 0 aliphatic rings. The van der Waals surface area contributed by atoms with Gasteiger partial charge in [-0.3, -0.25) is 9.59 Å². The van der Waals surface area contributed by atoms with E-state index in [-0.39, 0.29) is 23.7 Å². The van der Waals surface area contributed by atoms with E-state index in [1.807, 2.05) is 45.8 Å². The number of hydrogen-bond donors (Lipinski definition) is 2. The molecule has 0 bridgehead atoms. The molecule has 0 radical (unpaired) electrons. The average molecular weight is 385 g/mol. The van der Waals surface area contributed by atoms with E-state index < -0.39 is 5.41 Å². The van der Waals surface area contributed by atoms with Crippen LogP contribution in [0.15, 0.2) is 48.5 Å². The first-order valence-electron chi connectivity index (χ1n) is 9.19. The van der Waals surface area contributed by atoms with Crippen LogP contribution in [0.3, 0.4) is 0 Å². The lowest BCUT2D eigenvalue weighted by Gasteiger charge is -2.25. The summed E-state index contributed by atoms with van der Waals surface area (Å²) in [6.45, 7) is 5.81. The van der Waals surface area contributed by atoms with E-state index in [0.717, 1.165) is 5.56 Å². The molecule has 0 saturated carbocycles. The zero-order valence-electron chi connectivity index (χ0n) is 17.0. The van der Waals surface area contributed by atoms with Crippen molar-refractivity contribution >= 4 is 17.5 Å². The quantitative estimate of drug-likeness (QED) is 0.794. The minimum absolute atomic E-state index is 0.121. The fraction of sp³-hybridized carbons (Fsp3) is 0.364. The van der Waals surface area contributed by atoms with Gasteiger partial charge in [-0.05, 0) is 50.0 Å². The van der Waals surface area contributed by atoms with Crippen molar-refractivity contribution in [1.29, 1.82) is 0 Å². The molecule has 6 heteroatoms. The highest BCUT2D eigenvalue weighted by atomic mass is 19.1. The number of amides is 2. The largest absolute Gasteiger partial charge is 0.350 e. The third kappa shape index (κ3) is 5.89. The van der Waals surface area contributed by atoms with Crippen molar-refractivity contribution < 1.29 is 14.0 Å². The van der Waals surface area contributed by atoms with Crippen LogP contribution in [-0.2, 0) is 4.79 Å². The number of nitrogens with one attached hydrogen (secondary N) is 2. The second kappa shape index (κ2) is 8.97. The topological polar surface area (TPSA) is 61.4 Å². The van der Waals surface area contributed by atoms with E-state index in [2.05, 4.69) is 10.6 Å². The summed E-state index contributed by atoms with van der Waals surface area (Å²) in [5.41, 5.74) is 1.28. The molecule has 0 spiro atoms. The second-order valence-electron chi connectivity index (χ2n) is 8.03. The first-order chi connectivity index (χ1) is 13.1. The highest BCUT2D eigenvalue weighted by Crippen LogP contribution is 2.20. The number of hydrogen-bond acceptors (Lipinski definition) is 3. The molecule has 2 rings (SSSR count). The van der Waals surface area contributed by atoms with Crippen molar-refractivity contribution in [2.45, 2.75) is 26.8 Å². The van der Waals surface area contributed by atoms with Crippen molar-refractivity contribution in [1.82, 2.24) is 10.2 Å². The molecular weight excluding hydrogens is 357 g/mol. The number of nitrogens with zero attached hydrogens (tertiary/aromatic N) is 1. The predicted octanol–water partition coefficient (Wildman–Crippen LogP) is 3.84. The zero-order valence-corrected chi connectivity index (χ0v) is 17.0. The molecule has 28 heavy (non-hydrogen) atoms. The lowest BCUT2D eigenvalue weighted by Crippen LogP contribution is -2.34. The normalized spacial score (nSPS) is 12.5. The summed E-state index contributed by atoms with van der Waals surface area (Å²) in [6, 6.07) is 13.0. The molecular formula is C22H28FN3O2. The monoisotopic (exact) mass is 385 g/mol. The maximum atomic E-state index is 13.5. The number of carbonyl (C=O) groups excluding carboxylic acids is 2. The highest BCUT2D eigenvalue weighted by molar-refractivity contribution is 5.98. The Morgan fingerprint density at radius 3 is 2.36 bits per heavy atom. The summed E-state index contributed by atoms with van der Waals surface area (Å²) in [4.78, 5) is 26.7. The van der Waals surface area contributed by atoms with Crippen LogP contribution >= 0.6 is 0 Å². The Hall–Kier alpha value is -2.73. The van der Waals surface area contributed by atoms with E-state index >= 15 is 0 Å². The van der Waals surface area contributed by atoms with Crippen molar-refractivity contribution in [3.05, 3.63) is 65.5 Å². The molecule has 1 unspecified atom stereocenters. The number of likely N-dealkylation sites (N-methyl/N-ethyl adjacent to an activating group) is 1. The Kier molecular flexibility index (Phi) is 6.91. The van der Waals surface area contributed by atoms with Gasteiger partial charge in [0.1, 0.15) is 5.82 Å². The van der Waals surface area contributed by atoms with E-state index in [0.29, 0.717) is 17.8 Å². The van der Waals surface area contributed by atoms with Gasteiger partial charge in [0.25, 0.3) is 5.91 Å². The van der Waals surface area contributed by atoms with E-state index in [1.54, 1.807) is 30.3 Å². The first-order valence-corrected chi connectivity index (χ1v) is 9.19. The lowest BCUT2D eigenvalue weighted by molar-refractivity contribution is -0.123. The third-order valence-corrected chi connectivity index (χ3v) is 4.38. The summed E-state index contributed by atoms with van der Waals surface area (Å²) in [5.74, 6) is -0.683. The standard InChI is InChI=1S/C22H28FN3O2/c1-22(2,3)21(28)25-18-11-7-9-16(13-18)20(27)24-14-19(26(4)5)15-8-6-10-17(23)12-15/h6-13,19H,14H2,1-5H3,(H,24,27)(H,25,28). The van der Waals surface area contributed by atoms with Gasteiger partial charge in [-0.1, -0.05) is 39.0 Å². The van der Waals surface area contributed by atoms with Crippen LogP contribution < -0.4 is 10.6 Å². The van der Waals surface area contributed by atoms with Gasteiger partial charge in [-0.2, -0.15) is 0 Å². The van der Waals surface area contributed by atoms with Crippen molar-refractivity contribution in [2.75, 3.05) is 26.0 Å². The lowest BCUT2D eigenvalue weighted by atomic mass is 9.95. The molecule has 2 N–H and O–H groups in total. The van der Waals surface area contributed by atoms with Gasteiger partial charge in [0.05, 0.1) is 6.04 Å². The summed E-state index contributed by atoms with van der Waals surface area (Å²) in [6.07, 6.45) is 0. The Labute approximate surface area is 165 Å². The Morgan fingerprint density at radius 2 is 1.75 bits per heavy atom. The molecule has 2 aromatic carbocycles. The second-order valence-corrected chi connectivity index (χ2v) is 8.03. The fourth-order valence-electron chi connectivity index (χ4n) is 2.66. The van der Waals surface area contributed by atoms with E-state index in [1.165, 1.54) is 12.1 Å². The molecule has 0 fully saturated rings. The van der Waals surface area contributed by atoms with Crippen LogP contribution in [0.2, 0.25) is 0 Å². The number of benzene rings is 2. The van der Waals surface area contributed by atoms with Crippen LogP contribution in [0.1, 0.15) is 42.7 Å². The van der Waals surface area contributed by atoms with Crippen molar-refractivity contribution in [2.24, 2.45) is 5.41 Å². The first kappa shape index (κ1) is 21.6. The van der Waals surface area contributed by atoms with Gasteiger partial charge in [0, 0.05) is 23.2 Å². The summed E-state index contributed by atoms with van der Waals surface area (Å²) < 4.78 is 13.5. The summed E-state index contributed by atoms with van der Waals surface area (Å²) in [5, 5.41) is 5.72. The maximum absolute atomic E-state index is 13.5. The van der Waals surface area contributed by atoms with Crippen LogP contribution in [0, 0.1) is 11.2 Å². The van der Waals surface area contributed by atoms with Crippen LogP contribution in [0.4, 0.5) is 10.1 Å². The molecule has 1 atom stereocenters. The Balaban J connectivity index is 2.07. The molecule has 0 heterocycles. The molecule has 0 aliphatic heterocycles. The summed E-state index contributed by atoms with van der Waals surface area (Å²) in [7, 11) is 3.76. The van der Waals surface area contributed by atoms with Crippen LogP contribution in [0.5, 0.6) is 0 Å². The Morgan fingerprint density at radius 1 is 1.07 bits per heavy atom. The van der Waals surface area contributed by atoms with Crippen LogP contribution in [-0.4, -0.2) is 37.4 Å². The molecule has 0 aromatic heterocycles. The SMILES string of the molecule is CN(C)C(CNC(=O)c1cccc(NC(=O)C(C)(C)C)c1)c1cccc(F)c1. The molecule has 0 aliphatic carbocycles. The molecule has 2 aromatic rings. The third-order valence-electron chi connectivity index (χ3n) is 4.38. The van der Waals surface area contributed by atoms with E-state index in [4.69, 9.17) is 0 Å². The van der Waals surface area contributed by atoms with E-state index in [9.17, 15) is 14.0 Å². The molecule has 2 amide bonds. The van der Waals surface area contributed by atoms with Crippen LogP contribution in [0.25, 0.3) is 0 Å². The van der Waals surface area contributed by atoms with Gasteiger partial charge in [0.15, 0.2) is 0 Å². The minimum Gasteiger partial charge on any atom is -0.350 e. The van der Waals surface area contributed by atoms with Gasteiger partial charge in [0.2, 0.25) is 5.91 Å². The molecule has 0 saturated heterocycles. The summed E-state index contributed by atoms with van der Waals surface area (Å²) >= 11 is 0. The number of rotatable bonds is 6. The number of anilines is 1. The minimum atomic E-state index is -0.526. The molecule has 5 nitrogen and oxygen atoms in total. The fourth-order valence-corrected chi connectivity index (χ4v) is 2.66. The maximum Gasteiger partial charge on any atom is 0.251 e. The predicted molar refractivity (Wildman–Crippen MR) is 110 cm³/mol. The highest BCUT2D eigenvalue weighted by Gasteiger charge is 2.21. The number of carbonyl (C=O) groups is 2. The zero-order chi connectivity index (χ0) is 20.9. The van der Waals surface area contributed by atoms with Gasteiger partial charge >= 0.3 is 0 Å². The van der Waals surface area contributed by atoms with Crippen molar-refractivity contribution in [3.8, 4) is 0 Å².